The lowest BCUT2D eigenvalue weighted by Gasteiger charge is -2.30. The minimum absolute atomic E-state index is 0.335. The van der Waals surface area contributed by atoms with Gasteiger partial charge < -0.3 is 0 Å². The molecule has 1 aliphatic carbocycles. The van der Waals surface area contributed by atoms with Gasteiger partial charge in [-0.3, -0.25) is 0 Å². The third-order valence-corrected chi connectivity index (χ3v) is 13.5. The van der Waals surface area contributed by atoms with E-state index in [0.29, 0.717) is 0 Å². The van der Waals surface area contributed by atoms with Crippen LogP contribution in [-0.4, -0.2) is 0 Å². The average Bonchev–Trinajstić information content (AvgIpc) is 3.61. The fourth-order valence-electron chi connectivity index (χ4n) is 10.6. The van der Waals surface area contributed by atoms with Crippen molar-refractivity contribution < 1.29 is 0 Å². The Morgan fingerprint density at radius 2 is 0.645 bits per heavy atom. The lowest BCUT2D eigenvalue weighted by atomic mass is 9.72. The van der Waals surface area contributed by atoms with E-state index < -0.39 is 0 Å². The van der Waals surface area contributed by atoms with Gasteiger partial charge in [0.25, 0.3) is 0 Å². The van der Waals surface area contributed by atoms with Gasteiger partial charge in [0.15, 0.2) is 0 Å². The number of fused-ring (bicyclic) bond motifs is 6. The largest absolute Gasteiger partial charge is 0.0622 e. The van der Waals surface area contributed by atoms with E-state index in [4.69, 9.17) is 0 Å². The first kappa shape index (κ1) is 36.1. The predicted molar refractivity (Wildman–Crippen MR) is 264 cm³/mol. The first-order valence-electron chi connectivity index (χ1n) is 21.7. The molecule has 11 aromatic rings. The van der Waals surface area contributed by atoms with E-state index in [9.17, 15) is 0 Å². The van der Waals surface area contributed by atoms with Crippen molar-refractivity contribution >= 4 is 32.3 Å². The number of hydrogen-bond acceptors (Lipinski definition) is 0. The molecule has 0 spiro atoms. The van der Waals surface area contributed by atoms with Gasteiger partial charge in [0, 0.05) is 5.41 Å². The minimum Gasteiger partial charge on any atom is -0.0622 e. The third-order valence-electron chi connectivity index (χ3n) is 13.5. The molecule has 1 aliphatic rings. The maximum absolute atomic E-state index is 2.51. The molecule has 0 bridgehead atoms. The maximum Gasteiger partial charge on any atom is 0.0441 e. The molecule has 0 heteroatoms. The van der Waals surface area contributed by atoms with Crippen LogP contribution in [0.15, 0.2) is 237 Å². The van der Waals surface area contributed by atoms with E-state index in [0.717, 1.165) is 0 Å². The molecule has 62 heavy (non-hydrogen) atoms. The summed E-state index contributed by atoms with van der Waals surface area (Å²) in [5, 5.41) is 7.61. The highest BCUT2D eigenvalue weighted by Crippen LogP contribution is 2.55. The molecule has 0 saturated carbocycles. The van der Waals surface area contributed by atoms with Crippen molar-refractivity contribution in [3.8, 4) is 66.8 Å². The second-order valence-corrected chi connectivity index (χ2v) is 16.9. The third kappa shape index (κ3) is 5.68. The summed E-state index contributed by atoms with van der Waals surface area (Å²) in [6, 6.07) is 87.6. The van der Waals surface area contributed by atoms with Crippen molar-refractivity contribution in [2.24, 2.45) is 0 Å². The SMILES string of the molecule is CC1(c2cccc3ccccc23)c2ccccc2-c2ccc(-c3c4ccccc4c(-c4ccc(-c5cc(-c6ccccc6)cc(-c6ccccc6)c5)cc4)c4ccccc34)cc21. The van der Waals surface area contributed by atoms with E-state index in [1.165, 1.54) is 116 Å². The Morgan fingerprint density at radius 3 is 1.24 bits per heavy atom. The molecule has 0 nitrogen and oxygen atoms in total. The molecule has 0 amide bonds. The van der Waals surface area contributed by atoms with Crippen molar-refractivity contribution in [3.63, 3.8) is 0 Å². The summed E-state index contributed by atoms with van der Waals surface area (Å²) in [6.45, 7) is 2.44. The first-order valence-corrected chi connectivity index (χ1v) is 21.7. The molecule has 0 radical (unpaired) electrons. The van der Waals surface area contributed by atoms with Gasteiger partial charge in [-0.1, -0.05) is 212 Å². The van der Waals surface area contributed by atoms with Gasteiger partial charge >= 0.3 is 0 Å². The van der Waals surface area contributed by atoms with Crippen LogP contribution in [-0.2, 0) is 5.41 Å². The monoisotopic (exact) mass is 786 g/mol. The second-order valence-electron chi connectivity index (χ2n) is 16.9. The van der Waals surface area contributed by atoms with Crippen LogP contribution in [0, 0.1) is 0 Å². The molecule has 0 aliphatic heterocycles. The Kier molecular flexibility index (Phi) is 8.40. The van der Waals surface area contributed by atoms with Crippen molar-refractivity contribution in [1.82, 2.24) is 0 Å². The van der Waals surface area contributed by atoms with Crippen LogP contribution in [0.3, 0.4) is 0 Å². The van der Waals surface area contributed by atoms with Gasteiger partial charge in [0.05, 0.1) is 0 Å². The van der Waals surface area contributed by atoms with Crippen LogP contribution in [0.25, 0.3) is 99.1 Å². The summed E-state index contributed by atoms with van der Waals surface area (Å²) in [5.74, 6) is 0. The van der Waals surface area contributed by atoms with Crippen LogP contribution in [0.2, 0.25) is 0 Å². The Hall–Kier alpha value is -7.80. The molecule has 0 N–H and O–H groups in total. The molecular formula is C62H42. The lowest BCUT2D eigenvalue weighted by molar-refractivity contribution is 0.721. The Morgan fingerprint density at radius 1 is 0.242 bits per heavy atom. The molecule has 0 aromatic heterocycles. The van der Waals surface area contributed by atoms with Gasteiger partial charge in [-0.05, 0) is 147 Å². The van der Waals surface area contributed by atoms with E-state index in [-0.39, 0.29) is 5.41 Å². The van der Waals surface area contributed by atoms with Gasteiger partial charge in [-0.15, -0.1) is 0 Å². The zero-order chi connectivity index (χ0) is 41.2. The molecular weight excluding hydrogens is 745 g/mol. The molecule has 12 rings (SSSR count). The summed E-state index contributed by atoms with van der Waals surface area (Å²) in [7, 11) is 0. The van der Waals surface area contributed by atoms with Crippen molar-refractivity contribution in [2.45, 2.75) is 12.3 Å². The molecule has 1 unspecified atom stereocenters. The van der Waals surface area contributed by atoms with E-state index >= 15 is 0 Å². The zero-order valence-corrected chi connectivity index (χ0v) is 34.5. The van der Waals surface area contributed by atoms with E-state index in [1.54, 1.807) is 0 Å². The van der Waals surface area contributed by atoms with Crippen LogP contribution >= 0.6 is 0 Å². The summed E-state index contributed by atoms with van der Waals surface area (Å²) in [6.07, 6.45) is 0. The molecule has 1 atom stereocenters. The summed E-state index contributed by atoms with van der Waals surface area (Å²) in [4.78, 5) is 0. The molecule has 0 saturated heterocycles. The normalized spacial score (nSPS) is 14.3. The highest BCUT2D eigenvalue weighted by Gasteiger charge is 2.41. The van der Waals surface area contributed by atoms with Crippen LogP contribution in [0.1, 0.15) is 23.6 Å². The predicted octanol–water partition coefficient (Wildman–Crippen LogP) is 16.8. The Labute approximate surface area is 363 Å². The minimum atomic E-state index is -0.335. The van der Waals surface area contributed by atoms with Crippen LogP contribution < -0.4 is 0 Å². The number of rotatable bonds is 6. The Bertz CT molecular complexity index is 3380. The van der Waals surface area contributed by atoms with E-state index in [2.05, 4.69) is 244 Å². The number of benzene rings is 11. The average molecular weight is 787 g/mol. The lowest BCUT2D eigenvalue weighted by Crippen LogP contribution is -2.22. The molecule has 0 fully saturated rings. The van der Waals surface area contributed by atoms with Gasteiger partial charge in [0.1, 0.15) is 0 Å². The van der Waals surface area contributed by atoms with Crippen molar-refractivity contribution in [2.75, 3.05) is 0 Å². The molecule has 290 valence electrons. The standard InChI is InChI=1S/C62H42/c1-62(57-30-16-22-44-21-8-9-23-50(44)57)58-29-15-14-24-51(58)52-36-35-46(40-59(52)62)61-55-27-12-10-25-53(55)60(54-26-11-13-28-56(54)61)45-33-31-43(32-34-45)49-38-47(41-17-4-2-5-18-41)37-48(39-49)42-19-6-3-7-20-42/h2-40H,1H3. The van der Waals surface area contributed by atoms with Crippen molar-refractivity contribution in [1.29, 1.82) is 0 Å². The Balaban J connectivity index is 1.02. The molecule has 11 aromatic carbocycles. The fraction of sp³-hybridized carbons (Fsp3) is 0.0323. The van der Waals surface area contributed by atoms with Gasteiger partial charge in [-0.2, -0.15) is 0 Å². The van der Waals surface area contributed by atoms with E-state index in [1.807, 2.05) is 0 Å². The highest BCUT2D eigenvalue weighted by atomic mass is 14.4. The highest BCUT2D eigenvalue weighted by molar-refractivity contribution is 6.21. The molecule has 0 heterocycles. The quantitative estimate of drug-likeness (QED) is 0.147. The van der Waals surface area contributed by atoms with Gasteiger partial charge in [0.2, 0.25) is 0 Å². The van der Waals surface area contributed by atoms with Crippen LogP contribution in [0.5, 0.6) is 0 Å². The van der Waals surface area contributed by atoms with Gasteiger partial charge in [-0.25, -0.2) is 0 Å². The first-order chi connectivity index (χ1) is 30.6. The fourth-order valence-corrected chi connectivity index (χ4v) is 10.6. The summed E-state index contributed by atoms with van der Waals surface area (Å²) >= 11 is 0. The summed E-state index contributed by atoms with van der Waals surface area (Å²) < 4.78 is 0. The topological polar surface area (TPSA) is 0 Å². The zero-order valence-electron chi connectivity index (χ0n) is 34.5. The van der Waals surface area contributed by atoms with Crippen LogP contribution in [0.4, 0.5) is 0 Å². The maximum atomic E-state index is 2.51. The van der Waals surface area contributed by atoms with Crippen molar-refractivity contribution in [3.05, 3.63) is 253 Å². The smallest absolute Gasteiger partial charge is 0.0441 e. The summed E-state index contributed by atoms with van der Waals surface area (Å²) in [5.41, 5.74) is 18.6. The number of hydrogen-bond donors (Lipinski definition) is 0. The second kappa shape index (κ2) is 14.4.